The van der Waals surface area contributed by atoms with E-state index >= 15 is 0 Å². The van der Waals surface area contributed by atoms with Crippen molar-refractivity contribution < 1.29 is 9.21 Å². The van der Waals surface area contributed by atoms with Crippen LogP contribution >= 0.6 is 11.3 Å². The second kappa shape index (κ2) is 7.80. The summed E-state index contributed by atoms with van der Waals surface area (Å²) in [6.45, 7) is 9.37. The van der Waals surface area contributed by atoms with Gasteiger partial charge in [-0.05, 0) is 49.4 Å². The van der Waals surface area contributed by atoms with Gasteiger partial charge < -0.3 is 14.2 Å². The zero-order valence-corrected chi connectivity index (χ0v) is 17.4. The molecule has 6 heteroatoms. The normalized spacial score (nSPS) is 14.5. The van der Waals surface area contributed by atoms with E-state index in [1.807, 2.05) is 29.3 Å². The van der Waals surface area contributed by atoms with Crippen LogP contribution in [0.2, 0.25) is 0 Å². The van der Waals surface area contributed by atoms with Crippen molar-refractivity contribution in [1.29, 1.82) is 0 Å². The Morgan fingerprint density at radius 2 is 1.89 bits per heavy atom. The number of nitrogens with zero attached hydrogens (tertiary/aromatic N) is 3. The summed E-state index contributed by atoms with van der Waals surface area (Å²) in [7, 11) is 0. The van der Waals surface area contributed by atoms with Gasteiger partial charge in [-0.15, -0.1) is 11.3 Å². The molecule has 0 unspecified atom stereocenters. The summed E-state index contributed by atoms with van der Waals surface area (Å²) in [4.78, 5) is 22.7. The van der Waals surface area contributed by atoms with Gasteiger partial charge in [-0.1, -0.05) is 18.2 Å². The Kier molecular flexibility index (Phi) is 5.22. The lowest BCUT2D eigenvalue weighted by molar-refractivity contribution is -0.130. The van der Waals surface area contributed by atoms with Gasteiger partial charge in [0.2, 0.25) is 11.8 Å². The molecule has 0 spiro atoms. The molecule has 0 aliphatic carbocycles. The Bertz CT molecular complexity index is 970. The maximum atomic E-state index is 12.8. The van der Waals surface area contributed by atoms with Crippen molar-refractivity contribution in [3.63, 3.8) is 0 Å². The predicted octanol–water partition coefficient (Wildman–Crippen LogP) is 4.22. The van der Waals surface area contributed by atoms with Crippen molar-refractivity contribution in [3.05, 3.63) is 58.3 Å². The largest absolute Gasteiger partial charge is 0.440 e. The molecule has 146 valence electrons. The fourth-order valence-electron chi connectivity index (χ4n) is 3.63. The maximum absolute atomic E-state index is 12.8. The molecule has 0 N–H and O–H groups in total. The quantitative estimate of drug-likeness (QED) is 0.664. The SMILES string of the molecule is Cc1cccc(N2CCN(C(=O)Cc3nc(-c4cccs4)oc3C)CC2)c1C. The van der Waals surface area contributed by atoms with Crippen LogP contribution in [-0.2, 0) is 11.2 Å². The number of thiophene rings is 1. The molecule has 5 nitrogen and oxygen atoms in total. The predicted molar refractivity (Wildman–Crippen MR) is 113 cm³/mol. The lowest BCUT2D eigenvalue weighted by Gasteiger charge is -2.37. The minimum atomic E-state index is 0.120. The van der Waals surface area contributed by atoms with Gasteiger partial charge in [0, 0.05) is 31.9 Å². The fraction of sp³-hybridized carbons (Fsp3) is 0.364. The summed E-state index contributed by atoms with van der Waals surface area (Å²) in [6.07, 6.45) is 0.296. The Hall–Kier alpha value is -2.60. The van der Waals surface area contributed by atoms with Gasteiger partial charge in [-0.2, -0.15) is 0 Å². The van der Waals surface area contributed by atoms with Crippen molar-refractivity contribution in [2.75, 3.05) is 31.1 Å². The smallest absolute Gasteiger partial charge is 0.236 e. The lowest BCUT2D eigenvalue weighted by Crippen LogP contribution is -2.49. The third-order valence-corrected chi connectivity index (χ3v) is 6.35. The van der Waals surface area contributed by atoms with Gasteiger partial charge in [0.05, 0.1) is 17.0 Å². The lowest BCUT2D eigenvalue weighted by atomic mass is 10.1. The number of oxazole rings is 1. The highest BCUT2D eigenvalue weighted by Gasteiger charge is 2.24. The average Bonchev–Trinajstić information content (AvgIpc) is 3.34. The van der Waals surface area contributed by atoms with Crippen LogP contribution in [0.15, 0.2) is 40.1 Å². The van der Waals surface area contributed by atoms with Crippen LogP contribution in [0.25, 0.3) is 10.8 Å². The first-order valence-electron chi connectivity index (χ1n) is 9.62. The minimum absolute atomic E-state index is 0.120. The van der Waals surface area contributed by atoms with E-state index in [0.29, 0.717) is 12.3 Å². The number of piperazine rings is 1. The molecular formula is C22H25N3O2S. The number of carbonyl (C=O) groups excluding carboxylic acids is 1. The van der Waals surface area contributed by atoms with Gasteiger partial charge >= 0.3 is 0 Å². The van der Waals surface area contributed by atoms with E-state index in [1.165, 1.54) is 16.8 Å². The number of anilines is 1. The first-order chi connectivity index (χ1) is 13.5. The molecular weight excluding hydrogens is 370 g/mol. The number of benzene rings is 1. The molecule has 0 radical (unpaired) electrons. The first kappa shape index (κ1) is 18.7. The number of rotatable bonds is 4. The molecule has 3 heterocycles. The van der Waals surface area contributed by atoms with E-state index in [4.69, 9.17) is 4.42 Å². The van der Waals surface area contributed by atoms with E-state index in [-0.39, 0.29) is 5.91 Å². The fourth-order valence-corrected chi connectivity index (χ4v) is 4.28. The zero-order chi connectivity index (χ0) is 19.7. The van der Waals surface area contributed by atoms with Crippen molar-refractivity contribution in [3.8, 4) is 10.8 Å². The summed E-state index contributed by atoms with van der Waals surface area (Å²) in [5, 5.41) is 2.00. The highest BCUT2D eigenvalue weighted by Crippen LogP contribution is 2.27. The minimum Gasteiger partial charge on any atom is -0.440 e. The van der Waals surface area contributed by atoms with Crippen molar-refractivity contribution in [2.45, 2.75) is 27.2 Å². The summed E-state index contributed by atoms with van der Waals surface area (Å²) < 4.78 is 5.77. The summed E-state index contributed by atoms with van der Waals surface area (Å²) >= 11 is 1.59. The molecule has 1 aliphatic heterocycles. The monoisotopic (exact) mass is 395 g/mol. The van der Waals surface area contributed by atoms with Crippen molar-refractivity contribution in [1.82, 2.24) is 9.88 Å². The van der Waals surface area contributed by atoms with Crippen LogP contribution in [0.3, 0.4) is 0 Å². The molecule has 1 amide bonds. The highest BCUT2D eigenvalue weighted by molar-refractivity contribution is 7.13. The van der Waals surface area contributed by atoms with Crippen LogP contribution in [0, 0.1) is 20.8 Å². The van der Waals surface area contributed by atoms with E-state index < -0.39 is 0 Å². The van der Waals surface area contributed by atoms with Gasteiger partial charge in [-0.3, -0.25) is 4.79 Å². The maximum Gasteiger partial charge on any atom is 0.236 e. The van der Waals surface area contributed by atoms with Crippen LogP contribution in [0.5, 0.6) is 0 Å². The van der Waals surface area contributed by atoms with Crippen LogP contribution in [0.4, 0.5) is 5.69 Å². The van der Waals surface area contributed by atoms with E-state index in [2.05, 4.69) is 41.9 Å². The zero-order valence-electron chi connectivity index (χ0n) is 16.6. The Morgan fingerprint density at radius 3 is 2.61 bits per heavy atom. The molecule has 1 saturated heterocycles. The van der Waals surface area contributed by atoms with Crippen molar-refractivity contribution >= 4 is 22.9 Å². The summed E-state index contributed by atoms with van der Waals surface area (Å²) in [5.74, 6) is 1.45. The van der Waals surface area contributed by atoms with Gasteiger partial charge in [0.1, 0.15) is 5.76 Å². The molecule has 0 saturated carbocycles. The molecule has 1 aromatic carbocycles. The van der Waals surface area contributed by atoms with Gasteiger partial charge in [0.15, 0.2) is 0 Å². The third-order valence-electron chi connectivity index (χ3n) is 5.49. The van der Waals surface area contributed by atoms with Gasteiger partial charge in [0.25, 0.3) is 0 Å². The first-order valence-corrected chi connectivity index (χ1v) is 10.5. The summed E-state index contributed by atoms with van der Waals surface area (Å²) in [5.41, 5.74) is 4.64. The van der Waals surface area contributed by atoms with Gasteiger partial charge in [-0.25, -0.2) is 4.98 Å². The molecule has 1 fully saturated rings. The third kappa shape index (κ3) is 3.69. The van der Waals surface area contributed by atoms with E-state index in [9.17, 15) is 4.79 Å². The second-order valence-electron chi connectivity index (χ2n) is 7.26. The Labute approximate surface area is 169 Å². The molecule has 3 aromatic rings. The molecule has 0 atom stereocenters. The standard InChI is InChI=1S/C22H25N3O2S/c1-15-6-4-7-19(16(15)2)24-9-11-25(12-10-24)21(26)14-18-17(3)27-22(23-18)20-8-5-13-28-20/h4-8,13H,9-12,14H2,1-3H3. The van der Waals surface area contributed by atoms with Crippen LogP contribution in [-0.4, -0.2) is 42.0 Å². The number of hydrogen-bond acceptors (Lipinski definition) is 5. The van der Waals surface area contributed by atoms with E-state index in [1.54, 1.807) is 11.3 Å². The number of aryl methyl sites for hydroxylation is 2. The second-order valence-corrected chi connectivity index (χ2v) is 8.21. The number of aromatic nitrogens is 1. The van der Waals surface area contributed by atoms with Crippen molar-refractivity contribution in [2.24, 2.45) is 0 Å². The molecule has 0 bridgehead atoms. The topological polar surface area (TPSA) is 49.6 Å². The number of amides is 1. The number of carbonyl (C=O) groups is 1. The number of hydrogen-bond donors (Lipinski definition) is 0. The Balaban J connectivity index is 1.39. The molecule has 28 heavy (non-hydrogen) atoms. The highest BCUT2D eigenvalue weighted by atomic mass is 32.1. The Morgan fingerprint density at radius 1 is 1.11 bits per heavy atom. The van der Waals surface area contributed by atoms with E-state index in [0.717, 1.165) is 42.5 Å². The molecule has 2 aromatic heterocycles. The average molecular weight is 396 g/mol. The molecule has 1 aliphatic rings. The van der Waals surface area contributed by atoms with Crippen LogP contribution < -0.4 is 4.90 Å². The summed E-state index contributed by atoms with van der Waals surface area (Å²) in [6, 6.07) is 10.4. The van der Waals surface area contributed by atoms with Crippen LogP contribution in [0.1, 0.15) is 22.6 Å². The molecule has 4 rings (SSSR count).